The number of H-pyrrole nitrogens is 1. The molecular weight excluding hydrogens is 672 g/mol. The van der Waals surface area contributed by atoms with Gasteiger partial charge in [0, 0.05) is 22.5 Å². The summed E-state index contributed by atoms with van der Waals surface area (Å²) in [7, 11) is 0. The Morgan fingerprint density at radius 1 is 0.792 bits per heavy atom. The first-order chi connectivity index (χ1) is 22.5. The van der Waals surface area contributed by atoms with Gasteiger partial charge in [-0.2, -0.15) is 0 Å². The predicted molar refractivity (Wildman–Crippen MR) is 194 cm³/mol. The molecule has 0 spiro atoms. The van der Waals surface area contributed by atoms with Gasteiger partial charge in [-0.15, -0.1) is 35.1 Å². The molecule has 0 atom stereocenters. The second-order valence-corrected chi connectivity index (χ2v) is 12.9. The Kier molecular flexibility index (Phi) is 11.4. The van der Waals surface area contributed by atoms with Crippen molar-refractivity contribution in [1.82, 2.24) is 19.5 Å². The van der Waals surface area contributed by atoms with E-state index in [2.05, 4.69) is 25.6 Å². The lowest BCUT2D eigenvalue weighted by Gasteiger charge is -2.20. The molecule has 48 heavy (non-hydrogen) atoms. The van der Waals surface area contributed by atoms with Crippen LogP contribution in [0.2, 0.25) is 0 Å². The Morgan fingerprint density at radius 2 is 1.35 bits per heavy atom. The van der Waals surface area contributed by atoms with E-state index < -0.39 is 11.7 Å². The highest BCUT2D eigenvalue weighted by Crippen LogP contribution is 2.27. The molecule has 0 bridgehead atoms. The number of aromatic nitrogens is 4. The van der Waals surface area contributed by atoms with Crippen LogP contribution in [0.1, 0.15) is 40.1 Å². The van der Waals surface area contributed by atoms with Gasteiger partial charge < -0.3 is 31.8 Å². The number of carbonyl (C=O) groups excluding carboxylic acids is 3. The first-order valence-corrected chi connectivity index (χ1v) is 16.0. The third-order valence-corrected chi connectivity index (χ3v) is 8.04. The smallest absolute Gasteiger partial charge is 0.421 e. The number of imidazole rings is 2. The maximum absolute atomic E-state index is 12.5. The van der Waals surface area contributed by atoms with Gasteiger partial charge in [-0.3, -0.25) is 9.59 Å². The summed E-state index contributed by atoms with van der Waals surface area (Å²) < 4.78 is 6.62. The number of nitrogens with one attached hydrogen (secondary N) is 3. The highest BCUT2D eigenvalue weighted by Gasteiger charge is 2.23. The summed E-state index contributed by atoms with van der Waals surface area (Å²) in [6, 6.07) is 21.8. The van der Waals surface area contributed by atoms with E-state index in [1.807, 2.05) is 47.2 Å². The maximum Gasteiger partial charge on any atom is 0.421 e. The van der Waals surface area contributed by atoms with Gasteiger partial charge in [0.2, 0.25) is 5.95 Å². The molecule has 0 radical (unpaired) electrons. The molecule has 2 aromatic carbocycles. The molecule has 0 fully saturated rings. The van der Waals surface area contributed by atoms with Gasteiger partial charge in [-0.1, -0.05) is 36.4 Å². The standard InChI is InChI=1S/C19H20N4O3S.C14H12N4OS.ClH/c1-19(2,3)26-18(25)23-14(11-21-17(23)20)12-6-4-7-13(10-12)22-16(24)15-8-5-9-27-15;15-14-16-8-11(18-14)9-3-1-4-10(7-9)17-13(19)12-5-2-6-20-12;/h4-11H,1-3H3,(H2,20,21)(H,22,24);1-8H,(H,17,19)(H3,15,16,18);1H. The highest BCUT2D eigenvalue weighted by atomic mass is 35.5. The minimum absolute atomic E-state index is 0. The van der Waals surface area contributed by atoms with Crippen molar-refractivity contribution in [2.24, 2.45) is 0 Å². The SMILES string of the molecule is CC(C)(C)OC(=O)n1c(-c2cccc(NC(=O)c3cccs3)c2)cnc1N.Cl.Nc1ncc(-c2cccc(NC(=O)c3cccs3)c2)[nH]1. The second-order valence-electron chi connectivity index (χ2n) is 11.0. The molecule has 0 saturated carbocycles. The largest absolute Gasteiger partial charge is 0.443 e. The first-order valence-electron chi connectivity index (χ1n) is 14.2. The van der Waals surface area contributed by atoms with Gasteiger partial charge in [0.25, 0.3) is 11.8 Å². The number of rotatable bonds is 6. The number of nitrogens with two attached hydrogens (primary N) is 2. The van der Waals surface area contributed by atoms with Crippen LogP contribution in [0.4, 0.5) is 28.1 Å². The lowest BCUT2D eigenvalue weighted by atomic mass is 10.1. The Balaban J connectivity index is 0.000000221. The molecule has 0 saturated heterocycles. The van der Waals surface area contributed by atoms with Crippen LogP contribution in [0.5, 0.6) is 0 Å². The lowest BCUT2D eigenvalue weighted by Crippen LogP contribution is -2.28. The quantitative estimate of drug-likeness (QED) is 0.117. The number of hydrogen-bond acceptors (Lipinski definition) is 10. The topological polar surface area (TPSA) is 183 Å². The molecule has 4 heterocycles. The van der Waals surface area contributed by atoms with Gasteiger partial charge in [0.05, 0.1) is 33.5 Å². The molecule has 0 aliphatic carbocycles. The fraction of sp³-hybridized carbons (Fsp3) is 0.121. The summed E-state index contributed by atoms with van der Waals surface area (Å²) in [4.78, 5) is 49.0. The molecule has 12 nitrogen and oxygen atoms in total. The van der Waals surface area contributed by atoms with E-state index in [0.717, 1.165) is 16.9 Å². The van der Waals surface area contributed by atoms with Crippen molar-refractivity contribution in [3.8, 4) is 22.5 Å². The molecule has 0 unspecified atom stereocenters. The van der Waals surface area contributed by atoms with E-state index in [4.69, 9.17) is 16.2 Å². The normalized spacial score (nSPS) is 10.6. The van der Waals surface area contributed by atoms with E-state index in [9.17, 15) is 14.4 Å². The number of anilines is 4. The van der Waals surface area contributed by atoms with Crippen LogP contribution in [0, 0.1) is 0 Å². The number of benzene rings is 2. The molecule has 7 N–H and O–H groups in total. The molecular formula is C33H33ClN8O4S2. The molecule has 6 aromatic rings. The van der Waals surface area contributed by atoms with Crippen LogP contribution in [0.25, 0.3) is 22.5 Å². The summed E-state index contributed by atoms with van der Waals surface area (Å²) in [5.74, 6) is 0.101. The summed E-state index contributed by atoms with van der Waals surface area (Å²) >= 11 is 2.77. The van der Waals surface area contributed by atoms with Gasteiger partial charge in [0.15, 0.2) is 5.95 Å². The number of ether oxygens (including phenoxy) is 1. The summed E-state index contributed by atoms with van der Waals surface area (Å²) in [5.41, 5.74) is 15.0. The summed E-state index contributed by atoms with van der Waals surface area (Å²) in [6.45, 7) is 5.33. The van der Waals surface area contributed by atoms with Crippen LogP contribution in [-0.2, 0) is 4.74 Å². The molecule has 0 aliphatic heterocycles. The monoisotopic (exact) mass is 704 g/mol. The van der Waals surface area contributed by atoms with Crippen molar-refractivity contribution >= 4 is 76.3 Å². The Bertz CT molecular complexity index is 2000. The number of halogens is 1. The molecule has 15 heteroatoms. The van der Waals surface area contributed by atoms with Crippen LogP contribution in [-0.4, -0.2) is 43.0 Å². The Labute approximate surface area is 290 Å². The molecule has 248 valence electrons. The highest BCUT2D eigenvalue weighted by molar-refractivity contribution is 7.12. The minimum atomic E-state index is -0.665. The van der Waals surface area contributed by atoms with Crippen molar-refractivity contribution in [2.45, 2.75) is 26.4 Å². The van der Waals surface area contributed by atoms with Crippen LogP contribution < -0.4 is 22.1 Å². The zero-order chi connectivity index (χ0) is 33.6. The zero-order valence-corrected chi connectivity index (χ0v) is 28.5. The number of thiophene rings is 2. The average Bonchev–Trinajstić information content (AvgIpc) is 3.85. The van der Waals surface area contributed by atoms with Gasteiger partial charge in [0.1, 0.15) is 5.60 Å². The fourth-order valence-electron chi connectivity index (χ4n) is 4.27. The van der Waals surface area contributed by atoms with Crippen molar-refractivity contribution in [2.75, 3.05) is 22.1 Å². The van der Waals surface area contributed by atoms with Crippen LogP contribution in [0.3, 0.4) is 0 Å². The van der Waals surface area contributed by atoms with Gasteiger partial charge in [-0.25, -0.2) is 19.3 Å². The third-order valence-electron chi connectivity index (χ3n) is 6.30. The zero-order valence-electron chi connectivity index (χ0n) is 26.1. The molecule has 6 rings (SSSR count). The summed E-state index contributed by atoms with van der Waals surface area (Å²) in [5, 5.41) is 9.42. The maximum atomic E-state index is 12.5. The number of aromatic amines is 1. The van der Waals surface area contributed by atoms with Crippen molar-refractivity contribution in [3.05, 3.63) is 106 Å². The van der Waals surface area contributed by atoms with E-state index in [0.29, 0.717) is 32.6 Å². The second kappa shape index (κ2) is 15.4. The molecule has 0 aliphatic rings. The first kappa shape index (κ1) is 35.4. The average molecular weight is 705 g/mol. The van der Waals surface area contributed by atoms with Crippen molar-refractivity contribution in [3.63, 3.8) is 0 Å². The third kappa shape index (κ3) is 9.09. The minimum Gasteiger partial charge on any atom is -0.443 e. The fourth-order valence-corrected chi connectivity index (χ4v) is 5.51. The summed E-state index contributed by atoms with van der Waals surface area (Å²) in [6.07, 6.45) is 2.55. The molecule has 4 aromatic heterocycles. The van der Waals surface area contributed by atoms with Crippen molar-refractivity contribution in [1.29, 1.82) is 0 Å². The van der Waals surface area contributed by atoms with Crippen LogP contribution in [0.15, 0.2) is 96.0 Å². The lowest BCUT2D eigenvalue weighted by molar-refractivity contribution is 0.0543. The van der Waals surface area contributed by atoms with Crippen LogP contribution >= 0.6 is 35.1 Å². The number of carbonyl (C=O) groups is 3. The van der Waals surface area contributed by atoms with Gasteiger partial charge >= 0.3 is 6.09 Å². The van der Waals surface area contributed by atoms with E-state index >= 15 is 0 Å². The predicted octanol–water partition coefficient (Wildman–Crippen LogP) is 7.62. The Hall–Kier alpha value is -5.44. The number of hydrogen-bond donors (Lipinski definition) is 5. The Morgan fingerprint density at radius 3 is 1.85 bits per heavy atom. The number of nitrogens with zero attached hydrogens (tertiary/aromatic N) is 3. The van der Waals surface area contributed by atoms with E-state index in [1.54, 1.807) is 63.4 Å². The van der Waals surface area contributed by atoms with E-state index in [1.165, 1.54) is 33.4 Å². The number of nitrogen functional groups attached to an aromatic ring is 2. The van der Waals surface area contributed by atoms with Gasteiger partial charge in [-0.05, 0) is 67.9 Å². The molecule has 2 amide bonds. The van der Waals surface area contributed by atoms with Crippen molar-refractivity contribution < 1.29 is 19.1 Å². The van der Waals surface area contributed by atoms with E-state index in [-0.39, 0.29) is 30.2 Å². The number of amides is 2.